The number of benzene rings is 1. The molecular weight excluding hydrogens is 148 g/mol. The van der Waals surface area contributed by atoms with Crippen molar-refractivity contribution >= 4 is 0 Å². The Morgan fingerprint density at radius 2 is 2.00 bits per heavy atom. The smallest absolute Gasteiger partial charge is 0.113 e. The van der Waals surface area contributed by atoms with Crippen LogP contribution in [-0.4, -0.2) is 6.61 Å². The van der Waals surface area contributed by atoms with Gasteiger partial charge in [0.15, 0.2) is 0 Å². The highest BCUT2D eigenvalue weighted by Gasteiger charge is 1.90. The summed E-state index contributed by atoms with van der Waals surface area (Å²) in [6.07, 6.45) is 2.31. The first-order chi connectivity index (χ1) is 5.93. The first-order valence-electron chi connectivity index (χ1n) is 4.43. The highest BCUT2D eigenvalue weighted by atomic mass is 16.5. The zero-order valence-corrected chi connectivity index (χ0v) is 7.49. The maximum atomic E-state index is 5.34. The Hall–Kier alpha value is -0.820. The van der Waals surface area contributed by atoms with Crippen LogP contribution in [0.2, 0.25) is 0 Å². The van der Waals surface area contributed by atoms with Crippen LogP contribution in [0.1, 0.15) is 25.3 Å². The van der Waals surface area contributed by atoms with Crippen molar-refractivity contribution in [3.05, 3.63) is 42.5 Å². The fraction of sp³-hybridized carbons (Fsp3) is 0.364. The zero-order chi connectivity index (χ0) is 8.65. The summed E-state index contributed by atoms with van der Waals surface area (Å²) in [6.45, 7) is 4.80. The molecule has 1 radical (unpaired) electrons. The van der Waals surface area contributed by atoms with E-state index in [9.17, 15) is 0 Å². The lowest BCUT2D eigenvalue weighted by Gasteiger charge is -2.01. The van der Waals surface area contributed by atoms with Crippen molar-refractivity contribution in [1.82, 2.24) is 0 Å². The molecule has 0 bridgehead atoms. The van der Waals surface area contributed by atoms with Crippen molar-refractivity contribution in [3.63, 3.8) is 0 Å². The maximum Gasteiger partial charge on any atom is 0.113 e. The molecule has 1 rings (SSSR count). The van der Waals surface area contributed by atoms with Crippen LogP contribution < -0.4 is 0 Å². The van der Waals surface area contributed by atoms with Crippen LogP contribution in [0.3, 0.4) is 0 Å². The maximum absolute atomic E-state index is 5.34. The van der Waals surface area contributed by atoms with Gasteiger partial charge in [-0.15, -0.1) is 0 Å². The van der Waals surface area contributed by atoms with Gasteiger partial charge in [-0.25, -0.2) is 0 Å². The molecule has 65 valence electrons. The van der Waals surface area contributed by atoms with Crippen molar-refractivity contribution in [1.29, 1.82) is 0 Å². The average Bonchev–Trinajstić information content (AvgIpc) is 2.14. The van der Waals surface area contributed by atoms with Crippen molar-refractivity contribution < 1.29 is 4.74 Å². The highest BCUT2D eigenvalue weighted by Crippen LogP contribution is 2.03. The minimum Gasteiger partial charge on any atom is -0.370 e. The van der Waals surface area contributed by atoms with E-state index in [1.165, 1.54) is 6.42 Å². The molecule has 0 aromatic heterocycles. The molecule has 0 amide bonds. The SMILES string of the molecule is CCCCO[CH]c1ccccc1. The van der Waals surface area contributed by atoms with Gasteiger partial charge < -0.3 is 4.74 Å². The van der Waals surface area contributed by atoms with Gasteiger partial charge in [-0.2, -0.15) is 0 Å². The van der Waals surface area contributed by atoms with Crippen LogP contribution in [0, 0.1) is 6.61 Å². The highest BCUT2D eigenvalue weighted by molar-refractivity contribution is 5.19. The molecule has 1 aromatic carbocycles. The minimum atomic E-state index is 0.825. The molecule has 0 unspecified atom stereocenters. The average molecular weight is 163 g/mol. The molecule has 0 saturated heterocycles. The Labute approximate surface area is 74.4 Å². The van der Waals surface area contributed by atoms with Gasteiger partial charge in [0.1, 0.15) is 6.61 Å². The minimum absolute atomic E-state index is 0.825. The molecule has 0 aliphatic carbocycles. The predicted molar refractivity (Wildman–Crippen MR) is 50.7 cm³/mol. The molecule has 0 aliphatic heterocycles. The standard InChI is InChI=1S/C11H15O/c1-2-3-9-12-10-11-7-5-4-6-8-11/h4-8,10H,2-3,9H2,1H3. The summed E-state index contributed by atoms with van der Waals surface area (Å²) in [5.41, 5.74) is 1.13. The Morgan fingerprint density at radius 3 is 2.67 bits per heavy atom. The lowest BCUT2D eigenvalue weighted by Crippen LogP contribution is -1.91. The van der Waals surface area contributed by atoms with Gasteiger partial charge in [-0.3, -0.25) is 0 Å². The molecule has 0 saturated carbocycles. The van der Waals surface area contributed by atoms with E-state index in [4.69, 9.17) is 4.74 Å². The molecule has 12 heavy (non-hydrogen) atoms. The van der Waals surface area contributed by atoms with Crippen LogP contribution in [0.15, 0.2) is 30.3 Å². The Bertz CT molecular complexity index is 193. The number of ether oxygens (including phenoxy) is 1. The third-order valence-corrected chi connectivity index (χ3v) is 1.63. The Balaban J connectivity index is 2.16. The van der Waals surface area contributed by atoms with E-state index in [0.29, 0.717) is 0 Å². The summed E-state index contributed by atoms with van der Waals surface area (Å²) < 4.78 is 5.34. The van der Waals surface area contributed by atoms with Crippen LogP contribution in [0.25, 0.3) is 0 Å². The molecule has 0 spiro atoms. The van der Waals surface area contributed by atoms with E-state index in [0.717, 1.165) is 18.6 Å². The lowest BCUT2D eigenvalue weighted by molar-refractivity contribution is 0.207. The third kappa shape index (κ3) is 3.54. The van der Waals surface area contributed by atoms with E-state index in [2.05, 4.69) is 6.92 Å². The fourth-order valence-corrected chi connectivity index (χ4v) is 0.914. The normalized spacial score (nSPS) is 10.1. The van der Waals surface area contributed by atoms with Gasteiger partial charge in [0.05, 0.1) is 0 Å². The predicted octanol–water partition coefficient (Wildman–Crippen LogP) is 3.01. The summed E-state index contributed by atoms with van der Waals surface area (Å²) in [5.74, 6) is 0. The van der Waals surface area contributed by atoms with E-state index in [-0.39, 0.29) is 0 Å². The fourth-order valence-electron chi connectivity index (χ4n) is 0.914. The number of hydrogen-bond acceptors (Lipinski definition) is 1. The first-order valence-corrected chi connectivity index (χ1v) is 4.43. The quantitative estimate of drug-likeness (QED) is 0.606. The molecule has 1 heteroatoms. The molecule has 0 atom stereocenters. The first kappa shape index (κ1) is 9.27. The number of unbranched alkanes of at least 4 members (excludes halogenated alkanes) is 1. The molecule has 0 N–H and O–H groups in total. The van der Waals surface area contributed by atoms with Gasteiger partial charge in [0.25, 0.3) is 0 Å². The van der Waals surface area contributed by atoms with Gasteiger partial charge in [0, 0.05) is 6.61 Å². The van der Waals surface area contributed by atoms with Crippen LogP contribution in [-0.2, 0) is 4.74 Å². The van der Waals surface area contributed by atoms with E-state index < -0.39 is 0 Å². The van der Waals surface area contributed by atoms with Gasteiger partial charge >= 0.3 is 0 Å². The number of rotatable bonds is 5. The monoisotopic (exact) mass is 163 g/mol. The van der Waals surface area contributed by atoms with E-state index >= 15 is 0 Å². The van der Waals surface area contributed by atoms with Crippen LogP contribution in [0.5, 0.6) is 0 Å². The Morgan fingerprint density at radius 1 is 1.25 bits per heavy atom. The summed E-state index contributed by atoms with van der Waals surface area (Å²) in [4.78, 5) is 0. The second-order valence-corrected chi connectivity index (χ2v) is 2.75. The van der Waals surface area contributed by atoms with Crippen molar-refractivity contribution in [2.75, 3.05) is 6.61 Å². The zero-order valence-electron chi connectivity index (χ0n) is 7.49. The van der Waals surface area contributed by atoms with Crippen molar-refractivity contribution in [3.8, 4) is 0 Å². The third-order valence-electron chi connectivity index (χ3n) is 1.63. The van der Waals surface area contributed by atoms with Crippen LogP contribution >= 0.6 is 0 Å². The lowest BCUT2D eigenvalue weighted by atomic mass is 10.2. The molecular formula is C11H15O. The van der Waals surface area contributed by atoms with Crippen LogP contribution in [0.4, 0.5) is 0 Å². The largest absolute Gasteiger partial charge is 0.370 e. The molecule has 0 heterocycles. The summed E-state index contributed by atoms with van der Waals surface area (Å²) in [5, 5.41) is 0. The van der Waals surface area contributed by atoms with Gasteiger partial charge in [-0.1, -0.05) is 43.7 Å². The number of hydrogen-bond donors (Lipinski definition) is 0. The Kier molecular flexibility index (Phi) is 4.47. The summed E-state index contributed by atoms with van der Waals surface area (Å²) in [6, 6.07) is 10.1. The molecule has 0 fully saturated rings. The van der Waals surface area contributed by atoms with E-state index in [1.54, 1.807) is 0 Å². The summed E-state index contributed by atoms with van der Waals surface area (Å²) in [7, 11) is 0. The topological polar surface area (TPSA) is 9.23 Å². The molecule has 1 nitrogen and oxygen atoms in total. The molecule has 1 aromatic rings. The summed E-state index contributed by atoms with van der Waals surface area (Å²) >= 11 is 0. The van der Waals surface area contributed by atoms with E-state index in [1.807, 2.05) is 36.9 Å². The second kappa shape index (κ2) is 5.78. The van der Waals surface area contributed by atoms with Crippen molar-refractivity contribution in [2.24, 2.45) is 0 Å². The second-order valence-electron chi connectivity index (χ2n) is 2.75. The molecule has 0 aliphatic rings. The van der Waals surface area contributed by atoms with Crippen molar-refractivity contribution in [2.45, 2.75) is 19.8 Å². The van der Waals surface area contributed by atoms with Gasteiger partial charge in [-0.05, 0) is 12.0 Å². The van der Waals surface area contributed by atoms with Gasteiger partial charge in [0.2, 0.25) is 0 Å².